The van der Waals surface area contributed by atoms with Gasteiger partial charge in [-0.3, -0.25) is 9.69 Å². The van der Waals surface area contributed by atoms with E-state index in [1.807, 2.05) is 13.8 Å². The number of rotatable bonds is 7. The Bertz CT molecular complexity index is 742. The number of carboxylic acids is 1. The quantitative estimate of drug-likeness (QED) is 0.737. The Balaban J connectivity index is 2.17. The van der Waals surface area contributed by atoms with Crippen molar-refractivity contribution < 1.29 is 27.8 Å². The summed E-state index contributed by atoms with van der Waals surface area (Å²) in [6.45, 7) is 4.59. The molecule has 1 aromatic carbocycles. The molecule has 0 saturated carbocycles. The maximum Gasteiger partial charge on any atom is 0.317 e. The molecule has 0 radical (unpaired) electrons. The average molecular weight is 386 g/mol. The van der Waals surface area contributed by atoms with E-state index in [9.17, 15) is 13.2 Å². The number of nitrogens with zero attached hydrogens (tertiary/aromatic N) is 2. The Morgan fingerprint density at radius 2 is 2.00 bits per heavy atom. The minimum absolute atomic E-state index is 0.122. The molecule has 0 amide bonds. The highest BCUT2D eigenvalue weighted by Gasteiger charge is 2.32. The van der Waals surface area contributed by atoms with E-state index in [2.05, 4.69) is 0 Å². The Morgan fingerprint density at radius 1 is 1.38 bits per heavy atom. The molecular weight excluding hydrogens is 360 g/mol. The minimum Gasteiger partial charge on any atom is -0.496 e. The molecule has 0 spiro atoms. The number of benzene rings is 1. The number of carbonyl (C=O) groups is 1. The summed E-state index contributed by atoms with van der Waals surface area (Å²) in [5.74, 6) is -0.254. The second-order valence-electron chi connectivity index (χ2n) is 6.54. The molecule has 1 aliphatic rings. The van der Waals surface area contributed by atoms with Gasteiger partial charge in [0.25, 0.3) is 0 Å². The first-order valence-electron chi connectivity index (χ1n) is 8.32. The molecule has 146 valence electrons. The summed E-state index contributed by atoms with van der Waals surface area (Å²) < 4.78 is 38.4. The van der Waals surface area contributed by atoms with Crippen LogP contribution in [-0.4, -0.2) is 81.7 Å². The molecular formula is C17H26N2O6S. The van der Waals surface area contributed by atoms with Crippen molar-refractivity contribution in [1.82, 2.24) is 9.21 Å². The second-order valence-corrected chi connectivity index (χ2v) is 8.47. The number of morpholine rings is 1. The maximum atomic E-state index is 13.0. The smallest absolute Gasteiger partial charge is 0.317 e. The highest BCUT2D eigenvalue weighted by molar-refractivity contribution is 7.89. The zero-order valence-corrected chi connectivity index (χ0v) is 16.4. The van der Waals surface area contributed by atoms with Gasteiger partial charge in [-0.15, -0.1) is 0 Å². The van der Waals surface area contributed by atoms with Gasteiger partial charge in [0.1, 0.15) is 5.75 Å². The predicted octanol–water partition coefficient (Wildman–Crippen LogP) is 0.718. The maximum absolute atomic E-state index is 13.0. The third-order valence-corrected chi connectivity index (χ3v) is 6.14. The van der Waals surface area contributed by atoms with Gasteiger partial charge in [0, 0.05) is 19.6 Å². The molecule has 0 aliphatic carbocycles. The van der Waals surface area contributed by atoms with Gasteiger partial charge in [-0.1, -0.05) is 0 Å². The summed E-state index contributed by atoms with van der Waals surface area (Å²) >= 11 is 0. The fraction of sp³-hybridized carbons (Fsp3) is 0.588. The lowest BCUT2D eigenvalue weighted by atomic mass is 10.1. The topological polar surface area (TPSA) is 96.4 Å². The lowest BCUT2D eigenvalue weighted by Crippen LogP contribution is -2.49. The highest BCUT2D eigenvalue weighted by Crippen LogP contribution is 2.28. The molecule has 9 heteroatoms. The van der Waals surface area contributed by atoms with Crippen LogP contribution in [0.2, 0.25) is 0 Å². The van der Waals surface area contributed by atoms with Crippen LogP contribution in [0.5, 0.6) is 5.75 Å². The van der Waals surface area contributed by atoms with Crippen LogP contribution in [0.4, 0.5) is 0 Å². The van der Waals surface area contributed by atoms with Crippen molar-refractivity contribution in [2.24, 2.45) is 0 Å². The van der Waals surface area contributed by atoms with Gasteiger partial charge < -0.3 is 14.6 Å². The van der Waals surface area contributed by atoms with Crippen molar-refractivity contribution in [2.75, 3.05) is 46.9 Å². The van der Waals surface area contributed by atoms with Gasteiger partial charge in [-0.25, -0.2) is 8.42 Å². The molecule has 0 bridgehead atoms. The SMILES string of the molecule is COc1c(C)cc(S(=O)(=O)N2CCOC(CN(C)CC(=O)O)C2)cc1C. The lowest BCUT2D eigenvalue weighted by Gasteiger charge is -2.34. The molecule has 1 atom stereocenters. The minimum atomic E-state index is -3.66. The van der Waals surface area contributed by atoms with Crippen molar-refractivity contribution in [3.8, 4) is 5.75 Å². The standard InChI is InChI=1S/C17H26N2O6S/c1-12-7-15(8-13(2)17(12)24-4)26(22,23)19-5-6-25-14(10-19)9-18(3)11-16(20)21/h7-8,14H,5-6,9-11H2,1-4H3,(H,20,21). The van der Waals surface area contributed by atoms with Crippen molar-refractivity contribution in [3.05, 3.63) is 23.3 Å². The average Bonchev–Trinajstić information content (AvgIpc) is 2.53. The van der Waals surface area contributed by atoms with Crippen molar-refractivity contribution in [3.63, 3.8) is 0 Å². The third kappa shape index (κ3) is 4.73. The van der Waals surface area contributed by atoms with Gasteiger partial charge in [-0.2, -0.15) is 4.31 Å². The molecule has 1 aromatic rings. The number of aryl methyl sites for hydroxylation is 2. The first-order chi connectivity index (χ1) is 12.1. The van der Waals surface area contributed by atoms with E-state index in [1.54, 1.807) is 31.2 Å². The largest absolute Gasteiger partial charge is 0.496 e. The second kappa shape index (κ2) is 8.34. The highest BCUT2D eigenvalue weighted by atomic mass is 32.2. The monoisotopic (exact) mass is 386 g/mol. The number of aliphatic carboxylic acids is 1. The van der Waals surface area contributed by atoms with Crippen LogP contribution in [0, 0.1) is 13.8 Å². The van der Waals surface area contributed by atoms with Crippen molar-refractivity contribution >= 4 is 16.0 Å². The van der Waals surface area contributed by atoms with Crippen LogP contribution < -0.4 is 4.74 Å². The molecule has 1 heterocycles. The fourth-order valence-electron chi connectivity index (χ4n) is 3.19. The zero-order valence-electron chi connectivity index (χ0n) is 15.6. The number of hydrogen-bond donors (Lipinski definition) is 1. The van der Waals surface area contributed by atoms with E-state index < -0.39 is 16.0 Å². The van der Waals surface area contributed by atoms with E-state index in [0.717, 1.165) is 11.1 Å². The molecule has 2 rings (SSSR count). The molecule has 8 nitrogen and oxygen atoms in total. The summed E-state index contributed by atoms with van der Waals surface area (Å²) in [7, 11) is -0.434. The molecule has 1 fully saturated rings. The molecule has 1 saturated heterocycles. The van der Waals surface area contributed by atoms with E-state index in [4.69, 9.17) is 14.6 Å². The summed E-state index contributed by atoms with van der Waals surface area (Å²) in [6.07, 6.45) is -0.372. The molecule has 1 N–H and O–H groups in total. The van der Waals surface area contributed by atoms with Gasteiger partial charge >= 0.3 is 5.97 Å². The summed E-state index contributed by atoms with van der Waals surface area (Å²) in [5, 5.41) is 8.84. The molecule has 26 heavy (non-hydrogen) atoms. The van der Waals surface area contributed by atoms with E-state index in [0.29, 0.717) is 12.3 Å². The predicted molar refractivity (Wildman–Crippen MR) is 96.1 cm³/mol. The van der Waals surface area contributed by atoms with Gasteiger partial charge in [0.2, 0.25) is 10.0 Å². The van der Waals surface area contributed by atoms with Crippen LogP contribution in [0.25, 0.3) is 0 Å². The van der Waals surface area contributed by atoms with E-state index >= 15 is 0 Å². The number of likely N-dealkylation sites (N-methyl/N-ethyl adjacent to an activating group) is 1. The Hall–Kier alpha value is -1.68. The van der Waals surface area contributed by atoms with Crippen molar-refractivity contribution in [1.29, 1.82) is 0 Å². The van der Waals surface area contributed by atoms with Crippen LogP contribution >= 0.6 is 0 Å². The van der Waals surface area contributed by atoms with Gasteiger partial charge in [0.15, 0.2) is 0 Å². The van der Waals surface area contributed by atoms with Crippen LogP contribution in [0.1, 0.15) is 11.1 Å². The van der Waals surface area contributed by atoms with Crippen LogP contribution in [0.3, 0.4) is 0 Å². The Labute approximate surface area is 154 Å². The van der Waals surface area contributed by atoms with E-state index in [1.165, 1.54) is 4.31 Å². The number of sulfonamides is 1. The van der Waals surface area contributed by atoms with Crippen molar-refractivity contribution in [2.45, 2.75) is 24.8 Å². The summed E-state index contributed by atoms with van der Waals surface area (Å²) in [4.78, 5) is 12.6. The molecule has 1 aliphatic heterocycles. The Morgan fingerprint density at radius 3 is 2.54 bits per heavy atom. The van der Waals surface area contributed by atoms with Crippen LogP contribution in [0.15, 0.2) is 17.0 Å². The normalized spacial score (nSPS) is 18.9. The number of hydrogen-bond acceptors (Lipinski definition) is 6. The molecule has 1 unspecified atom stereocenters. The van der Waals surface area contributed by atoms with Gasteiger partial charge in [0.05, 0.1) is 31.3 Å². The Kier molecular flexibility index (Phi) is 6.62. The fourth-order valence-corrected chi connectivity index (χ4v) is 4.82. The van der Waals surface area contributed by atoms with Crippen LogP contribution in [-0.2, 0) is 19.6 Å². The molecule has 0 aromatic heterocycles. The number of ether oxygens (including phenoxy) is 2. The first-order valence-corrected chi connectivity index (χ1v) is 9.76. The zero-order chi connectivity index (χ0) is 19.5. The number of carboxylic acid groups (broad SMARTS) is 1. The lowest BCUT2D eigenvalue weighted by molar-refractivity contribution is -0.138. The number of methoxy groups -OCH3 is 1. The van der Waals surface area contributed by atoms with E-state index in [-0.39, 0.29) is 37.2 Å². The first kappa shape index (κ1) is 20.6. The summed E-state index contributed by atoms with van der Waals surface area (Å²) in [5.41, 5.74) is 1.52. The van der Waals surface area contributed by atoms with Gasteiger partial charge in [-0.05, 0) is 44.2 Å². The summed E-state index contributed by atoms with van der Waals surface area (Å²) in [6, 6.07) is 3.23. The third-order valence-electron chi connectivity index (χ3n) is 4.30.